The summed E-state index contributed by atoms with van der Waals surface area (Å²) in [6.45, 7) is 1.59. The molecule has 0 bridgehead atoms. The summed E-state index contributed by atoms with van der Waals surface area (Å²) in [6, 6.07) is 5.68. The Morgan fingerprint density at radius 1 is 1.56 bits per heavy atom. The van der Waals surface area contributed by atoms with Gasteiger partial charge in [-0.1, -0.05) is 11.6 Å². The summed E-state index contributed by atoms with van der Waals surface area (Å²) >= 11 is 9.29. The summed E-state index contributed by atoms with van der Waals surface area (Å²) in [4.78, 5) is 14.3. The summed E-state index contributed by atoms with van der Waals surface area (Å²) in [5, 5.41) is 3.87. The minimum Gasteiger partial charge on any atom is -0.337 e. The van der Waals surface area contributed by atoms with Gasteiger partial charge in [0.15, 0.2) is 0 Å². The van der Waals surface area contributed by atoms with Crippen LogP contribution in [0, 0.1) is 0 Å². The number of carbonyl (C=O) groups is 1. The van der Waals surface area contributed by atoms with Crippen LogP contribution in [-0.4, -0.2) is 37.0 Å². The standard InChI is InChI=1S/C13H16BrClN2O/c1-16-10-3-2-6-17(8-10)13(18)11-5-4-9(15)7-12(11)14/h4-5,7,10,16H,2-3,6,8H2,1H3/t10-/m0/s1. The molecule has 0 aliphatic carbocycles. The van der Waals surface area contributed by atoms with Gasteiger partial charge < -0.3 is 10.2 Å². The number of hydrogen-bond acceptors (Lipinski definition) is 2. The van der Waals surface area contributed by atoms with E-state index in [4.69, 9.17) is 11.6 Å². The molecule has 1 atom stereocenters. The number of likely N-dealkylation sites (tertiary alicyclic amines) is 1. The first-order valence-electron chi connectivity index (χ1n) is 6.03. The predicted molar refractivity (Wildman–Crippen MR) is 77.1 cm³/mol. The smallest absolute Gasteiger partial charge is 0.255 e. The van der Waals surface area contributed by atoms with Crippen LogP contribution in [0.3, 0.4) is 0 Å². The SMILES string of the molecule is CN[C@H]1CCCN(C(=O)c2ccc(Cl)cc2Br)C1. The van der Waals surface area contributed by atoms with Gasteiger partial charge in [-0.05, 0) is 54.0 Å². The maximum atomic E-state index is 12.4. The quantitative estimate of drug-likeness (QED) is 0.904. The first-order valence-corrected chi connectivity index (χ1v) is 7.20. The predicted octanol–water partition coefficient (Wildman–Crippen LogP) is 2.93. The van der Waals surface area contributed by atoms with Crippen molar-refractivity contribution in [3.8, 4) is 0 Å². The number of nitrogens with zero attached hydrogens (tertiary/aromatic N) is 1. The first kappa shape index (κ1) is 13.8. The van der Waals surface area contributed by atoms with E-state index in [9.17, 15) is 4.79 Å². The lowest BCUT2D eigenvalue weighted by Gasteiger charge is -2.32. The summed E-state index contributed by atoms with van der Waals surface area (Å²) in [6.07, 6.45) is 2.17. The van der Waals surface area contributed by atoms with E-state index in [-0.39, 0.29) is 5.91 Å². The van der Waals surface area contributed by atoms with Gasteiger partial charge >= 0.3 is 0 Å². The highest BCUT2D eigenvalue weighted by Crippen LogP contribution is 2.24. The molecule has 18 heavy (non-hydrogen) atoms. The van der Waals surface area contributed by atoms with Crippen LogP contribution >= 0.6 is 27.5 Å². The van der Waals surface area contributed by atoms with Gasteiger partial charge in [0, 0.05) is 28.6 Å². The average molecular weight is 332 g/mol. The third-order valence-electron chi connectivity index (χ3n) is 3.28. The number of hydrogen-bond donors (Lipinski definition) is 1. The molecule has 3 nitrogen and oxygen atoms in total. The largest absolute Gasteiger partial charge is 0.337 e. The molecule has 1 amide bonds. The molecule has 1 aliphatic heterocycles. The second-order valence-corrected chi connectivity index (χ2v) is 5.79. The van der Waals surface area contributed by atoms with Crippen LogP contribution in [0.25, 0.3) is 0 Å². The van der Waals surface area contributed by atoms with E-state index >= 15 is 0 Å². The Bertz CT molecular complexity index is 453. The lowest BCUT2D eigenvalue weighted by Crippen LogP contribution is -2.47. The molecule has 0 aromatic heterocycles. The summed E-state index contributed by atoms with van der Waals surface area (Å²) in [5.74, 6) is 0.0680. The number of benzene rings is 1. The summed E-state index contributed by atoms with van der Waals surface area (Å²) in [5.41, 5.74) is 0.677. The normalized spacial score (nSPS) is 19.9. The third kappa shape index (κ3) is 3.05. The fourth-order valence-electron chi connectivity index (χ4n) is 2.23. The molecule has 5 heteroatoms. The molecule has 98 valence electrons. The average Bonchev–Trinajstić information content (AvgIpc) is 2.38. The summed E-state index contributed by atoms with van der Waals surface area (Å²) in [7, 11) is 1.94. The number of amides is 1. The molecule has 0 unspecified atom stereocenters. The van der Waals surface area contributed by atoms with Gasteiger partial charge in [0.25, 0.3) is 5.91 Å². The molecule has 1 aromatic carbocycles. The van der Waals surface area contributed by atoms with Gasteiger partial charge in [-0.3, -0.25) is 4.79 Å². The van der Waals surface area contributed by atoms with E-state index in [2.05, 4.69) is 21.2 Å². The monoisotopic (exact) mass is 330 g/mol. The van der Waals surface area contributed by atoms with Gasteiger partial charge in [0.05, 0.1) is 5.56 Å². The molecule has 1 aliphatic rings. The van der Waals surface area contributed by atoms with Crippen molar-refractivity contribution in [3.05, 3.63) is 33.3 Å². The van der Waals surface area contributed by atoms with Crippen molar-refractivity contribution >= 4 is 33.4 Å². The topological polar surface area (TPSA) is 32.3 Å². The van der Waals surface area contributed by atoms with Crippen molar-refractivity contribution in [3.63, 3.8) is 0 Å². The number of piperidine rings is 1. The molecule has 0 radical (unpaired) electrons. The molecule has 1 saturated heterocycles. The molecule has 2 rings (SSSR count). The maximum Gasteiger partial charge on any atom is 0.255 e. The molecular weight excluding hydrogens is 316 g/mol. The van der Waals surface area contributed by atoms with Crippen LogP contribution in [0.1, 0.15) is 23.2 Å². The van der Waals surface area contributed by atoms with E-state index in [0.29, 0.717) is 16.6 Å². The third-order valence-corrected chi connectivity index (χ3v) is 4.17. The molecular formula is C13H16BrClN2O. The van der Waals surface area contributed by atoms with Crippen molar-refractivity contribution in [2.24, 2.45) is 0 Å². The zero-order valence-electron chi connectivity index (χ0n) is 10.2. The van der Waals surface area contributed by atoms with E-state index < -0.39 is 0 Å². The van der Waals surface area contributed by atoms with Gasteiger partial charge in [0.2, 0.25) is 0 Å². The number of rotatable bonds is 2. The van der Waals surface area contributed by atoms with E-state index in [1.54, 1.807) is 18.2 Å². The Balaban J connectivity index is 2.15. The molecule has 1 fully saturated rings. The minimum absolute atomic E-state index is 0.0680. The second kappa shape index (κ2) is 6.04. The van der Waals surface area contributed by atoms with Crippen LogP contribution in [0.2, 0.25) is 5.02 Å². The second-order valence-electron chi connectivity index (χ2n) is 4.50. The highest BCUT2D eigenvalue weighted by Gasteiger charge is 2.24. The molecule has 1 heterocycles. The number of halogens is 2. The maximum absolute atomic E-state index is 12.4. The molecule has 0 saturated carbocycles. The Morgan fingerprint density at radius 3 is 3.00 bits per heavy atom. The van der Waals surface area contributed by atoms with E-state index in [1.165, 1.54) is 0 Å². The van der Waals surface area contributed by atoms with Crippen LogP contribution in [-0.2, 0) is 0 Å². The zero-order chi connectivity index (χ0) is 13.1. The van der Waals surface area contributed by atoms with Crippen LogP contribution in [0.5, 0.6) is 0 Å². The van der Waals surface area contributed by atoms with Crippen LogP contribution < -0.4 is 5.32 Å². The first-order chi connectivity index (χ1) is 8.61. The Kier molecular flexibility index (Phi) is 4.65. The number of likely N-dealkylation sites (N-methyl/N-ethyl adjacent to an activating group) is 1. The fourth-order valence-corrected chi connectivity index (χ4v) is 3.08. The van der Waals surface area contributed by atoms with Crippen molar-refractivity contribution < 1.29 is 4.79 Å². The molecule has 0 spiro atoms. The van der Waals surface area contributed by atoms with E-state index in [1.807, 2.05) is 11.9 Å². The lowest BCUT2D eigenvalue weighted by atomic mass is 10.0. The lowest BCUT2D eigenvalue weighted by molar-refractivity contribution is 0.0697. The van der Waals surface area contributed by atoms with Gasteiger partial charge in [-0.25, -0.2) is 0 Å². The Labute approximate surface area is 121 Å². The fraction of sp³-hybridized carbons (Fsp3) is 0.462. The Morgan fingerprint density at radius 2 is 2.33 bits per heavy atom. The van der Waals surface area contributed by atoms with Crippen molar-refractivity contribution in [2.45, 2.75) is 18.9 Å². The van der Waals surface area contributed by atoms with Crippen molar-refractivity contribution in [1.82, 2.24) is 10.2 Å². The minimum atomic E-state index is 0.0680. The van der Waals surface area contributed by atoms with Crippen molar-refractivity contribution in [1.29, 1.82) is 0 Å². The van der Waals surface area contributed by atoms with Gasteiger partial charge in [0.1, 0.15) is 0 Å². The highest BCUT2D eigenvalue weighted by molar-refractivity contribution is 9.10. The van der Waals surface area contributed by atoms with Crippen LogP contribution in [0.4, 0.5) is 0 Å². The van der Waals surface area contributed by atoms with E-state index in [0.717, 1.165) is 30.4 Å². The van der Waals surface area contributed by atoms with Crippen molar-refractivity contribution in [2.75, 3.05) is 20.1 Å². The van der Waals surface area contributed by atoms with Gasteiger partial charge in [-0.2, -0.15) is 0 Å². The van der Waals surface area contributed by atoms with Gasteiger partial charge in [-0.15, -0.1) is 0 Å². The number of carbonyl (C=O) groups excluding carboxylic acids is 1. The highest BCUT2D eigenvalue weighted by atomic mass is 79.9. The van der Waals surface area contributed by atoms with Crippen LogP contribution in [0.15, 0.2) is 22.7 Å². The molecule has 1 N–H and O–H groups in total. The zero-order valence-corrected chi connectivity index (χ0v) is 12.6. The summed E-state index contributed by atoms with van der Waals surface area (Å²) < 4.78 is 0.756. The number of nitrogens with one attached hydrogen (secondary N) is 1. The Hall–Kier alpha value is -0.580. The molecule has 1 aromatic rings.